The lowest BCUT2D eigenvalue weighted by Crippen LogP contribution is -2.57. The van der Waals surface area contributed by atoms with Crippen molar-refractivity contribution in [1.82, 2.24) is 15.2 Å². The van der Waals surface area contributed by atoms with E-state index < -0.39 is 6.10 Å². The van der Waals surface area contributed by atoms with Gasteiger partial charge in [-0.2, -0.15) is 0 Å². The molecule has 29 heavy (non-hydrogen) atoms. The summed E-state index contributed by atoms with van der Waals surface area (Å²) in [4.78, 5) is 31.2. The second-order valence-corrected chi connectivity index (χ2v) is 8.20. The second-order valence-electron chi connectivity index (χ2n) is 8.20. The number of hydrogen-bond acceptors (Lipinski definition) is 6. The largest absolute Gasteiger partial charge is 0.389 e. The third-order valence-electron chi connectivity index (χ3n) is 6.01. The summed E-state index contributed by atoms with van der Waals surface area (Å²) in [6, 6.07) is 5.31. The van der Waals surface area contributed by atoms with Crippen molar-refractivity contribution in [3.63, 3.8) is 0 Å². The number of β-amino-alcohol motifs (C(OH)–C–C–N with tert-alkyl or cyclic N) is 1. The number of ether oxygens (including phenoxy) is 2. The summed E-state index contributed by atoms with van der Waals surface area (Å²) in [6.07, 6.45) is 5.32. The van der Waals surface area contributed by atoms with Crippen LogP contribution in [-0.4, -0.2) is 77.0 Å². The summed E-state index contributed by atoms with van der Waals surface area (Å²) >= 11 is 0. The molecule has 4 rings (SSSR count). The number of amides is 2. The minimum absolute atomic E-state index is 0.0294. The standard InChI is InChI=1S/C21H29N3O5/c25-15-11-24(21(27)17-6-1-2-9-22-17)18-8-7-16(29-19(18)13-28-12-15)10-20(26)23-14-4-3-5-14/h1-2,6,9,14-16,18-19,25H,3-5,7-8,10-13H2,(H,23,26)/t15-,16+,18+,19-/m0/s1. The maximum Gasteiger partial charge on any atom is 0.272 e. The Morgan fingerprint density at radius 2 is 2.07 bits per heavy atom. The minimum atomic E-state index is -0.755. The van der Waals surface area contributed by atoms with Gasteiger partial charge in [-0.05, 0) is 44.2 Å². The fraction of sp³-hybridized carbons (Fsp3) is 0.667. The van der Waals surface area contributed by atoms with Crippen LogP contribution in [0.25, 0.3) is 0 Å². The highest BCUT2D eigenvalue weighted by molar-refractivity contribution is 5.92. The molecule has 1 aromatic rings. The Morgan fingerprint density at radius 1 is 1.21 bits per heavy atom. The van der Waals surface area contributed by atoms with E-state index in [1.807, 2.05) is 0 Å². The molecule has 1 aliphatic carbocycles. The fourth-order valence-corrected chi connectivity index (χ4v) is 4.26. The molecule has 2 N–H and O–H groups in total. The van der Waals surface area contributed by atoms with Crippen LogP contribution in [0.1, 0.15) is 49.0 Å². The van der Waals surface area contributed by atoms with E-state index in [9.17, 15) is 14.7 Å². The number of carbonyl (C=O) groups is 2. The molecule has 8 heteroatoms. The van der Waals surface area contributed by atoms with E-state index in [2.05, 4.69) is 10.3 Å². The molecule has 3 aliphatic rings. The van der Waals surface area contributed by atoms with Crippen LogP contribution in [0, 0.1) is 0 Å². The molecule has 0 aromatic carbocycles. The number of pyridine rings is 1. The first-order chi connectivity index (χ1) is 14.1. The number of aliphatic hydroxyl groups is 1. The average Bonchev–Trinajstić information content (AvgIpc) is 2.68. The normalized spacial score (nSPS) is 30.4. The molecule has 3 heterocycles. The van der Waals surface area contributed by atoms with Gasteiger partial charge in [-0.1, -0.05) is 6.07 Å². The molecule has 0 spiro atoms. The SMILES string of the molecule is O=C(C[C@H]1CC[C@@H]2[C@H](COC[C@@H](O)CN2C(=O)c2ccccn2)O1)NC1CCC1. The first-order valence-corrected chi connectivity index (χ1v) is 10.5. The highest BCUT2D eigenvalue weighted by Gasteiger charge is 2.40. The molecule has 2 aliphatic heterocycles. The molecule has 158 valence electrons. The summed E-state index contributed by atoms with van der Waals surface area (Å²) in [6.45, 7) is 0.604. The van der Waals surface area contributed by atoms with Crippen molar-refractivity contribution >= 4 is 11.8 Å². The topological polar surface area (TPSA) is 101 Å². The first kappa shape index (κ1) is 20.3. The van der Waals surface area contributed by atoms with Crippen LogP contribution >= 0.6 is 0 Å². The van der Waals surface area contributed by atoms with Crippen LogP contribution in [-0.2, 0) is 14.3 Å². The van der Waals surface area contributed by atoms with Gasteiger partial charge in [0.25, 0.3) is 5.91 Å². The lowest BCUT2D eigenvalue weighted by Gasteiger charge is -2.44. The van der Waals surface area contributed by atoms with Gasteiger partial charge in [-0.25, -0.2) is 0 Å². The van der Waals surface area contributed by atoms with Crippen molar-refractivity contribution in [2.75, 3.05) is 19.8 Å². The van der Waals surface area contributed by atoms with Gasteiger partial charge in [0.2, 0.25) is 5.91 Å². The van der Waals surface area contributed by atoms with E-state index in [1.54, 1.807) is 29.3 Å². The van der Waals surface area contributed by atoms with Crippen LogP contribution in [0.4, 0.5) is 0 Å². The number of nitrogens with one attached hydrogen (secondary N) is 1. The lowest BCUT2D eigenvalue weighted by molar-refractivity contribution is -0.151. The van der Waals surface area contributed by atoms with Gasteiger partial charge >= 0.3 is 0 Å². The Morgan fingerprint density at radius 3 is 2.79 bits per heavy atom. The van der Waals surface area contributed by atoms with Crippen LogP contribution in [0.15, 0.2) is 24.4 Å². The number of carbonyl (C=O) groups excluding carboxylic acids is 2. The van der Waals surface area contributed by atoms with Crippen molar-refractivity contribution in [3.05, 3.63) is 30.1 Å². The monoisotopic (exact) mass is 403 g/mol. The van der Waals surface area contributed by atoms with E-state index in [4.69, 9.17) is 9.47 Å². The van der Waals surface area contributed by atoms with Crippen LogP contribution in [0.5, 0.6) is 0 Å². The Labute approximate surface area is 170 Å². The zero-order valence-corrected chi connectivity index (χ0v) is 16.5. The summed E-state index contributed by atoms with van der Waals surface area (Å²) < 4.78 is 11.8. The number of fused-ring (bicyclic) bond motifs is 1. The summed E-state index contributed by atoms with van der Waals surface area (Å²) in [7, 11) is 0. The number of hydrogen-bond donors (Lipinski definition) is 2. The quantitative estimate of drug-likeness (QED) is 0.774. The number of aromatic nitrogens is 1. The van der Waals surface area contributed by atoms with E-state index in [-0.39, 0.29) is 49.8 Å². The van der Waals surface area contributed by atoms with Gasteiger partial charge in [0, 0.05) is 18.8 Å². The predicted octanol–water partition coefficient (Wildman–Crippen LogP) is 0.890. The first-order valence-electron chi connectivity index (χ1n) is 10.5. The van der Waals surface area contributed by atoms with Gasteiger partial charge in [-0.15, -0.1) is 0 Å². The smallest absolute Gasteiger partial charge is 0.272 e. The van der Waals surface area contributed by atoms with Crippen molar-refractivity contribution < 1.29 is 24.2 Å². The van der Waals surface area contributed by atoms with E-state index in [1.165, 1.54) is 6.42 Å². The molecule has 4 atom stereocenters. The van der Waals surface area contributed by atoms with Crippen LogP contribution in [0.2, 0.25) is 0 Å². The minimum Gasteiger partial charge on any atom is -0.389 e. The zero-order valence-electron chi connectivity index (χ0n) is 16.5. The molecule has 0 unspecified atom stereocenters. The average molecular weight is 403 g/mol. The Bertz CT molecular complexity index is 712. The third-order valence-corrected chi connectivity index (χ3v) is 6.01. The van der Waals surface area contributed by atoms with Crippen LogP contribution in [0.3, 0.4) is 0 Å². The molecule has 2 amide bonds. The van der Waals surface area contributed by atoms with Crippen molar-refractivity contribution in [2.45, 2.75) is 68.9 Å². The molecule has 0 radical (unpaired) electrons. The Balaban J connectivity index is 1.42. The molecular weight excluding hydrogens is 374 g/mol. The number of rotatable bonds is 4. The summed E-state index contributed by atoms with van der Waals surface area (Å²) in [5.74, 6) is -0.187. The number of aliphatic hydroxyl groups excluding tert-OH is 1. The summed E-state index contributed by atoms with van der Waals surface area (Å²) in [5, 5.41) is 13.3. The van der Waals surface area contributed by atoms with Gasteiger partial charge in [0.1, 0.15) is 11.8 Å². The summed E-state index contributed by atoms with van der Waals surface area (Å²) in [5.41, 5.74) is 0.349. The van der Waals surface area contributed by atoms with Gasteiger partial charge in [-0.3, -0.25) is 14.6 Å². The molecular formula is C21H29N3O5. The van der Waals surface area contributed by atoms with Crippen molar-refractivity contribution in [2.24, 2.45) is 0 Å². The Hall–Kier alpha value is -2.03. The molecule has 3 fully saturated rings. The van der Waals surface area contributed by atoms with Crippen molar-refractivity contribution in [3.8, 4) is 0 Å². The van der Waals surface area contributed by atoms with Crippen LogP contribution < -0.4 is 5.32 Å². The molecule has 1 aromatic heterocycles. The van der Waals surface area contributed by atoms with E-state index in [0.717, 1.165) is 12.8 Å². The molecule has 0 bridgehead atoms. The van der Waals surface area contributed by atoms with Gasteiger partial charge < -0.3 is 24.8 Å². The van der Waals surface area contributed by atoms with E-state index in [0.29, 0.717) is 31.0 Å². The highest BCUT2D eigenvalue weighted by Crippen LogP contribution is 2.29. The molecule has 2 saturated heterocycles. The second kappa shape index (κ2) is 9.19. The zero-order chi connectivity index (χ0) is 20.2. The maximum absolute atomic E-state index is 13.1. The lowest BCUT2D eigenvalue weighted by atomic mass is 9.92. The van der Waals surface area contributed by atoms with Gasteiger partial charge in [0.15, 0.2) is 0 Å². The fourth-order valence-electron chi connectivity index (χ4n) is 4.26. The molecule has 8 nitrogen and oxygen atoms in total. The predicted molar refractivity (Wildman–Crippen MR) is 104 cm³/mol. The Kier molecular flexibility index (Phi) is 6.42. The third kappa shape index (κ3) is 4.94. The number of nitrogens with zero attached hydrogens (tertiary/aromatic N) is 2. The molecule has 1 saturated carbocycles. The maximum atomic E-state index is 13.1. The van der Waals surface area contributed by atoms with E-state index >= 15 is 0 Å². The van der Waals surface area contributed by atoms with Crippen molar-refractivity contribution in [1.29, 1.82) is 0 Å². The van der Waals surface area contributed by atoms with Gasteiger partial charge in [0.05, 0.1) is 37.9 Å². The highest BCUT2D eigenvalue weighted by atomic mass is 16.5.